The molecule has 0 saturated heterocycles. The molecule has 0 aromatic heterocycles. The summed E-state index contributed by atoms with van der Waals surface area (Å²) in [4.78, 5) is 0. The van der Waals surface area contributed by atoms with Crippen molar-refractivity contribution in [2.75, 3.05) is 0 Å². The smallest absolute Gasteiger partial charge is 0.206 e. The minimum atomic E-state index is -4.70. The second-order valence-corrected chi connectivity index (χ2v) is 6.26. The lowest BCUT2D eigenvalue weighted by Crippen LogP contribution is -2.11. The molecule has 0 unspecified atom stereocenters. The lowest BCUT2D eigenvalue weighted by molar-refractivity contribution is -0.0690. The highest BCUT2D eigenvalue weighted by Crippen LogP contribution is 2.58. The summed E-state index contributed by atoms with van der Waals surface area (Å²) >= 11 is 2.95. The molecule has 0 atom stereocenters. The molecule has 0 radical (unpaired) electrons. The first-order valence-corrected chi connectivity index (χ1v) is 8.28. The minimum absolute atomic E-state index is 0.0509. The molecule has 0 heterocycles. The fourth-order valence-electron chi connectivity index (χ4n) is 2.72. The third-order valence-electron chi connectivity index (χ3n) is 3.85. The molecule has 1 saturated carbocycles. The number of rotatable bonds is 2. The molecular weight excluding hydrogens is 410 g/mol. The van der Waals surface area contributed by atoms with Gasteiger partial charge in [-0.15, -0.1) is 0 Å². The van der Waals surface area contributed by atoms with Gasteiger partial charge in [0.25, 0.3) is 0 Å². The van der Waals surface area contributed by atoms with E-state index in [4.69, 9.17) is 5.26 Å². The summed E-state index contributed by atoms with van der Waals surface area (Å²) < 4.78 is 56.0. The van der Waals surface area contributed by atoms with Gasteiger partial charge in [0.15, 0.2) is 0 Å². The first-order chi connectivity index (χ1) is 12.4. The number of alkyl halides is 3. The molecule has 2 aromatic rings. The van der Waals surface area contributed by atoms with Crippen LogP contribution in [0.25, 0.3) is 11.4 Å². The molecular formula is C20H10BrF4N. The largest absolute Gasteiger partial charge is 0.417 e. The number of halogens is 5. The number of allylic oxidation sites excluding steroid dienone is 5. The van der Waals surface area contributed by atoms with E-state index in [9.17, 15) is 17.6 Å². The molecule has 0 spiro atoms. The molecule has 26 heavy (non-hydrogen) atoms. The van der Waals surface area contributed by atoms with Crippen molar-refractivity contribution in [3.8, 4) is 6.07 Å². The van der Waals surface area contributed by atoms with E-state index < -0.39 is 17.6 Å². The molecule has 3 rings (SSSR count). The highest BCUT2D eigenvalue weighted by Gasteiger charge is 2.48. The number of hydrogen-bond donors (Lipinski definition) is 0. The van der Waals surface area contributed by atoms with Gasteiger partial charge in [-0.2, -0.15) is 18.4 Å². The second-order valence-electron chi connectivity index (χ2n) is 5.47. The Bertz CT molecular complexity index is 978. The van der Waals surface area contributed by atoms with E-state index in [1.807, 2.05) is 0 Å². The number of nitriles is 1. The maximum Gasteiger partial charge on any atom is 0.417 e. The molecule has 130 valence electrons. The zero-order valence-corrected chi connectivity index (χ0v) is 14.7. The van der Waals surface area contributed by atoms with Crippen LogP contribution in [0, 0.1) is 11.3 Å². The van der Waals surface area contributed by atoms with Gasteiger partial charge in [-0.3, -0.25) is 0 Å². The van der Waals surface area contributed by atoms with Crippen molar-refractivity contribution in [3.63, 3.8) is 0 Å². The maximum atomic E-state index is 14.9. The fourth-order valence-corrected chi connectivity index (χ4v) is 3.11. The maximum absolute atomic E-state index is 14.9. The van der Waals surface area contributed by atoms with Gasteiger partial charge >= 0.3 is 6.18 Å². The lowest BCUT2D eigenvalue weighted by Gasteiger charge is -2.11. The summed E-state index contributed by atoms with van der Waals surface area (Å²) in [6, 6.07) is 16.7. The molecule has 1 fully saturated rings. The average molecular weight is 420 g/mol. The first kappa shape index (κ1) is 18.2. The van der Waals surface area contributed by atoms with Gasteiger partial charge in [-0.05, 0) is 21.5 Å². The highest BCUT2D eigenvalue weighted by molar-refractivity contribution is 9.12. The normalized spacial score (nSPS) is 19.5. The van der Waals surface area contributed by atoms with Crippen molar-refractivity contribution < 1.29 is 17.6 Å². The van der Waals surface area contributed by atoms with Crippen LogP contribution in [0.3, 0.4) is 0 Å². The van der Waals surface area contributed by atoms with Crippen LogP contribution in [-0.2, 0) is 0 Å². The third-order valence-corrected chi connectivity index (χ3v) is 4.42. The van der Waals surface area contributed by atoms with Gasteiger partial charge < -0.3 is 0 Å². The van der Waals surface area contributed by atoms with Crippen LogP contribution < -0.4 is 0 Å². The van der Waals surface area contributed by atoms with Crippen molar-refractivity contribution in [1.29, 1.82) is 5.26 Å². The number of benzene rings is 2. The summed E-state index contributed by atoms with van der Waals surface area (Å²) in [6.07, 6.45) is -4.70. The van der Waals surface area contributed by atoms with Crippen LogP contribution in [0.15, 0.2) is 81.9 Å². The van der Waals surface area contributed by atoms with Crippen LogP contribution in [0.1, 0.15) is 11.1 Å². The molecule has 1 nitrogen and oxygen atoms in total. The van der Waals surface area contributed by atoms with Crippen LogP contribution in [0.2, 0.25) is 0 Å². The minimum Gasteiger partial charge on any atom is -0.206 e. The molecule has 0 bridgehead atoms. The number of hydrogen-bond acceptors (Lipinski definition) is 1. The standard InChI is InChI=1S/C20H10BrF4N/c21-14(11-26)15-16(17(15)19(22)13-9-5-2-6-10-13)18(20(23,24)25)12-7-3-1-4-8-12/h1-10H. The fraction of sp³-hybridized carbons (Fsp3) is 0.0500. The van der Waals surface area contributed by atoms with Crippen molar-refractivity contribution in [3.05, 3.63) is 93.0 Å². The molecule has 0 aliphatic heterocycles. The Morgan fingerprint density at radius 3 is 1.77 bits per heavy atom. The SMILES string of the molecule is N#CC(Br)=C1C(=C(F)c2ccccc2)C1=C(c1ccccc1)C(F)(F)F. The van der Waals surface area contributed by atoms with Crippen LogP contribution >= 0.6 is 15.9 Å². The molecule has 1 aliphatic carbocycles. The van der Waals surface area contributed by atoms with Crippen LogP contribution in [0.4, 0.5) is 17.6 Å². The third kappa shape index (κ3) is 3.35. The van der Waals surface area contributed by atoms with E-state index in [0.29, 0.717) is 0 Å². The van der Waals surface area contributed by atoms with Gasteiger partial charge in [0, 0.05) is 22.3 Å². The molecule has 0 amide bonds. The predicted octanol–water partition coefficient (Wildman–Crippen LogP) is 6.57. The summed E-state index contributed by atoms with van der Waals surface area (Å²) in [7, 11) is 0. The molecule has 0 N–H and O–H groups in total. The molecule has 2 aromatic carbocycles. The zero-order valence-electron chi connectivity index (χ0n) is 13.1. The second kappa shape index (κ2) is 6.93. The van der Waals surface area contributed by atoms with Gasteiger partial charge in [-0.1, -0.05) is 60.7 Å². The van der Waals surface area contributed by atoms with Crippen molar-refractivity contribution in [2.45, 2.75) is 6.18 Å². The van der Waals surface area contributed by atoms with Crippen LogP contribution in [-0.4, -0.2) is 6.18 Å². The van der Waals surface area contributed by atoms with Crippen molar-refractivity contribution in [1.82, 2.24) is 0 Å². The van der Waals surface area contributed by atoms with E-state index >= 15 is 0 Å². The Balaban J connectivity index is 2.33. The van der Waals surface area contributed by atoms with Crippen LogP contribution in [0.5, 0.6) is 0 Å². The Morgan fingerprint density at radius 1 is 0.808 bits per heavy atom. The van der Waals surface area contributed by atoms with E-state index in [1.165, 1.54) is 36.4 Å². The zero-order chi connectivity index (χ0) is 18.9. The predicted molar refractivity (Wildman–Crippen MR) is 95.5 cm³/mol. The summed E-state index contributed by atoms with van der Waals surface area (Å²) in [5.41, 5.74) is -1.42. The van der Waals surface area contributed by atoms with Crippen molar-refractivity contribution >= 4 is 27.3 Å². The van der Waals surface area contributed by atoms with Gasteiger partial charge in [0.1, 0.15) is 16.4 Å². The topological polar surface area (TPSA) is 23.8 Å². The monoisotopic (exact) mass is 419 g/mol. The lowest BCUT2D eigenvalue weighted by atomic mass is 10.0. The quantitative estimate of drug-likeness (QED) is 0.398. The van der Waals surface area contributed by atoms with E-state index in [2.05, 4.69) is 15.9 Å². The van der Waals surface area contributed by atoms with Gasteiger partial charge in [0.05, 0.1) is 5.57 Å². The Morgan fingerprint density at radius 2 is 1.31 bits per heavy atom. The van der Waals surface area contributed by atoms with E-state index in [1.54, 1.807) is 30.3 Å². The van der Waals surface area contributed by atoms with E-state index in [-0.39, 0.29) is 32.3 Å². The van der Waals surface area contributed by atoms with Crippen molar-refractivity contribution in [2.24, 2.45) is 0 Å². The first-order valence-electron chi connectivity index (χ1n) is 7.49. The van der Waals surface area contributed by atoms with E-state index in [0.717, 1.165) is 0 Å². The Labute approximate surface area is 155 Å². The Kier molecular flexibility index (Phi) is 4.84. The summed E-state index contributed by atoms with van der Waals surface area (Å²) in [6.45, 7) is 0. The number of nitrogens with zero attached hydrogens (tertiary/aromatic N) is 1. The Hall–Kier alpha value is -2.65. The average Bonchev–Trinajstić information content (AvgIpc) is 3.35. The summed E-state index contributed by atoms with van der Waals surface area (Å²) in [5, 5.41) is 9.08. The van der Waals surface area contributed by atoms with Gasteiger partial charge in [0.2, 0.25) is 0 Å². The summed E-state index contributed by atoms with van der Waals surface area (Å²) in [5.74, 6) is -0.791. The highest BCUT2D eigenvalue weighted by atomic mass is 79.9. The molecule has 1 aliphatic rings. The molecule has 6 heteroatoms. The van der Waals surface area contributed by atoms with Gasteiger partial charge in [-0.25, -0.2) is 4.39 Å².